The minimum absolute atomic E-state index is 0.0339. The number of hydrogen-bond acceptors (Lipinski definition) is 10. The Kier molecular flexibility index (Phi) is 14.9. The highest BCUT2D eigenvalue weighted by Gasteiger charge is 2.31. The standard InChI is InChI=1S/C36H57N7O7S/c1-7-9-16-29-42-31-32(24-14-10-11-15-26(24)41-33(31)38)43(29)18-13-12-17-39-34(46)27(21-51(47,48)49)40-30(45)20-36(5,6)23-50-22-35(3,4)19-28(44)25(37)8-2/h10-11,14-15,25,27H,7-9,12-13,16-23,37H2,1-6H3,(H2,38,41)(H,39,46)(H,40,45)(H,47,48,49). The Hall–Kier alpha value is -3.66. The molecule has 0 bridgehead atoms. The van der Waals surface area contributed by atoms with Gasteiger partial charge in [-0.05, 0) is 42.6 Å². The molecule has 2 unspecified atom stereocenters. The van der Waals surface area contributed by atoms with Crippen molar-refractivity contribution < 1.29 is 32.1 Å². The third-order valence-electron chi connectivity index (χ3n) is 8.71. The highest BCUT2D eigenvalue weighted by molar-refractivity contribution is 7.85. The van der Waals surface area contributed by atoms with Crippen LogP contribution in [0.4, 0.5) is 5.82 Å². The van der Waals surface area contributed by atoms with Crippen molar-refractivity contribution >= 4 is 55.5 Å². The number of pyridine rings is 1. The molecule has 0 radical (unpaired) electrons. The first kappa shape index (κ1) is 41.8. The minimum atomic E-state index is -4.59. The van der Waals surface area contributed by atoms with Crippen molar-refractivity contribution in [2.75, 3.05) is 31.2 Å². The van der Waals surface area contributed by atoms with Gasteiger partial charge in [0.1, 0.15) is 28.9 Å². The number of aromatic nitrogens is 3. The van der Waals surface area contributed by atoms with Crippen molar-refractivity contribution in [2.24, 2.45) is 16.6 Å². The number of nitrogens with zero attached hydrogens (tertiary/aromatic N) is 3. The van der Waals surface area contributed by atoms with Gasteiger partial charge in [0.15, 0.2) is 5.82 Å². The molecule has 2 amide bonds. The number of fused-ring (bicyclic) bond motifs is 3. The molecule has 2 heterocycles. The highest BCUT2D eigenvalue weighted by atomic mass is 32.2. The van der Waals surface area contributed by atoms with Crippen LogP contribution in [0, 0.1) is 10.8 Å². The van der Waals surface area contributed by atoms with Crippen LogP contribution in [0.15, 0.2) is 24.3 Å². The second-order valence-electron chi connectivity index (χ2n) is 15.0. The second-order valence-corrected chi connectivity index (χ2v) is 16.5. The average molecular weight is 732 g/mol. The summed E-state index contributed by atoms with van der Waals surface area (Å²) in [6, 6.07) is 5.78. The van der Waals surface area contributed by atoms with Crippen LogP contribution in [-0.4, -0.2) is 82.7 Å². The molecule has 0 fully saturated rings. The Morgan fingerprint density at radius 1 is 1.00 bits per heavy atom. The minimum Gasteiger partial charge on any atom is -0.382 e. The summed E-state index contributed by atoms with van der Waals surface area (Å²) < 4.78 is 41.1. The lowest BCUT2D eigenvalue weighted by Crippen LogP contribution is -2.51. The Labute approximate surface area is 301 Å². The van der Waals surface area contributed by atoms with Crippen molar-refractivity contribution in [3.8, 4) is 0 Å². The van der Waals surface area contributed by atoms with E-state index in [0.717, 1.165) is 41.5 Å². The molecule has 15 heteroatoms. The van der Waals surface area contributed by atoms with Crippen molar-refractivity contribution in [1.29, 1.82) is 0 Å². The predicted octanol–water partition coefficient (Wildman–Crippen LogP) is 3.93. The molecule has 3 rings (SSSR count). The normalized spacial score (nSPS) is 13.7. The maximum atomic E-state index is 13.1. The summed E-state index contributed by atoms with van der Waals surface area (Å²) in [5.74, 6) is -0.987. The molecule has 2 aromatic heterocycles. The number of benzene rings is 1. The van der Waals surface area contributed by atoms with Gasteiger partial charge in [-0.15, -0.1) is 0 Å². The number of carbonyl (C=O) groups excluding carboxylic acids is 3. The third-order valence-corrected chi connectivity index (χ3v) is 9.47. The summed E-state index contributed by atoms with van der Waals surface area (Å²) in [5, 5.41) is 6.15. The fourth-order valence-electron chi connectivity index (χ4n) is 6.01. The zero-order valence-electron chi connectivity index (χ0n) is 31.0. The van der Waals surface area contributed by atoms with Crippen molar-refractivity contribution in [2.45, 2.75) is 112 Å². The number of nitrogen functional groups attached to an aromatic ring is 1. The summed E-state index contributed by atoms with van der Waals surface area (Å²) in [6.45, 7) is 12.7. The molecule has 1 aromatic carbocycles. The van der Waals surface area contributed by atoms with E-state index in [9.17, 15) is 27.4 Å². The number of Topliss-reactive ketones (excluding diaryl/α,β-unsaturated/α-hetero) is 1. The number of para-hydroxylation sites is 1. The number of nitrogens with two attached hydrogens (primary N) is 2. The first-order valence-corrected chi connectivity index (χ1v) is 19.4. The summed E-state index contributed by atoms with van der Waals surface area (Å²) in [7, 11) is -4.59. The topological polar surface area (TPSA) is 222 Å². The second kappa shape index (κ2) is 18.2. The van der Waals surface area contributed by atoms with E-state index < -0.39 is 50.6 Å². The molecule has 0 aliphatic carbocycles. The van der Waals surface area contributed by atoms with Gasteiger partial charge >= 0.3 is 0 Å². The van der Waals surface area contributed by atoms with Gasteiger partial charge in [0.2, 0.25) is 11.8 Å². The zero-order valence-corrected chi connectivity index (χ0v) is 31.8. The summed E-state index contributed by atoms with van der Waals surface area (Å²) in [4.78, 5) is 47.8. The number of ketones is 1. The molecular formula is C36H57N7O7S. The number of hydrogen-bond donors (Lipinski definition) is 5. The fraction of sp³-hybridized carbons (Fsp3) is 0.639. The van der Waals surface area contributed by atoms with Gasteiger partial charge in [0.25, 0.3) is 10.1 Å². The van der Waals surface area contributed by atoms with Crippen LogP contribution in [0.2, 0.25) is 0 Å². The lowest BCUT2D eigenvalue weighted by atomic mass is 9.85. The van der Waals surface area contributed by atoms with E-state index in [1.54, 1.807) is 13.8 Å². The van der Waals surface area contributed by atoms with Crippen LogP contribution in [0.3, 0.4) is 0 Å². The van der Waals surface area contributed by atoms with Crippen molar-refractivity contribution in [1.82, 2.24) is 25.2 Å². The zero-order chi connectivity index (χ0) is 38.0. The molecule has 0 saturated heterocycles. The molecule has 3 aromatic rings. The number of unbranched alkanes of at least 4 members (excludes halogenated alkanes) is 2. The molecule has 51 heavy (non-hydrogen) atoms. The number of ether oxygens (including phenoxy) is 1. The number of anilines is 1. The molecule has 2 atom stereocenters. The lowest BCUT2D eigenvalue weighted by molar-refractivity contribution is -0.130. The number of carbonyl (C=O) groups is 3. The van der Waals surface area contributed by atoms with Gasteiger partial charge < -0.3 is 31.4 Å². The van der Waals surface area contributed by atoms with Gasteiger partial charge in [-0.3, -0.25) is 18.9 Å². The van der Waals surface area contributed by atoms with Crippen LogP contribution in [0.25, 0.3) is 21.9 Å². The molecule has 0 spiro atoms. The van der Waals surface area contributed by atoms with Gasteiger partial charge in [-0.1, -0.05) is 66.2 Å². The van der Waals surface area contributed by atoms with E-state index in [1.165, 1.54) is 0 Å². The van der Waals surface area contributed by atoms with Crippen molar-refractivity contribution in [3.63, 3.8) is 0 Å². The Morgan fingerprint density at radius 2 is 1.67 bits per heavy atom. The first-order chi connectivity index (χ1) is 23.9. The summed E-state index contributed by atoms with van der Waals surface area (Å²) in [5.41, 5.74) is 13.4. The van der Waals surface area contributed by atoms with Crippen LogP contribution in [-0.2, 0) is 42.2 Å². The van der Waals surface area contributed by atoms with Gasteiger partial charge in [0.05, 0.1) is 30.3 Å². The fourth-order valence-corrected chi connectivity index (χ4v) is 6.67. The molecule has 0 aliphatic rings. The van der Waals surface area contributed by atoms with E-state index in [4.69, 9.17) is 21.2 Å². The monoisotopic (exact) mass is 731 g/mol. The number of rotatable bonds is 22. The van der Waals surface area contributed by atoms with E-state index in [-0.39, 0.29) is 38.4 Å². The molecular weight excluding hydrogens is 675 g/mol. The first-order valence-electron chi connectivity index (χ1n) is 17.8. The molecule has 0 saturated carbocycles. The number of amides is 2. The van der Waals surface area contributed by atoms with Crippen LogP contribution in [0.1, 0.15) is 92.3 Å². The Bertz CT molecular complexity index is 1770. The molecule has 14 nitrogen and oxygen atoms in total. The van der Waals surface area contributed by atoms with Gasteiger partial charge in [-0.25, -0.2) is 9.97 Å². The van der Waals surface area contributed by atoms with E-state index in [2.05, 4.69) is 27.1 Å². The maximum Gasteiger partial charge on any atom is 0.267 e. The lowest BCUT2D eigenvalue weighted by Gasteiger charge is -2.29. The highest BCUT2D eigenvalue weighted by Crippen LogP contribution is 2.30. The third kappa shape index (κ3) is 12.8. The van der Waals surface area contributed by atoms with Crippen LogP contribution < -0.4 is 22.1 Å². The SMILES string of the molecule is CCCCc1nc2c(N)nc3ccccc3c2n1CCCCNC(=O)C(CS(=O)(=O)O)NC(=O)CC(C)(C)COCC(C)(C)CC(=O)C(N)CC. The molecule has 7 N–H and O–H groups in total. The van der Waals surface area contributed by atoms with Crippen LogP contribution >= 0.6 is 0 Å². The largest absolute Gasteiger partial charge is 0.382 e. The van der Waals surface area contributed by atoms with Crippen LogP contribution in [0.5, 0.6) is 0 Å². The van der Waals surface area contributed by atoms with E-state index in [1.807, 2.05) is 45.0 Å². The maximum absolute atomic E-state index is 13.1. The van der Waals surface area contributed by atoms with Gasteiger partial charge in [-0.2, -0.15) is 8.42 Å². The predicted molar refractivity (Wildman–Crippen MR) is 200 cm³/mol. The van der Waals surface area contributed by atoms with Crippen molar-refractivity contribution in [3.05, 3.63) is 30.1 Å². The Morgan fingerprint density at radius 3 is 2.31 bits per heavy atom. The van der Waals surface area contributed by atoms with Gasteiger partial charge in [0, 0.05) is 37.7 Å². The number of aryl methyl sites for hydroxylation is 2. The summed E-state index contributed by atoms with van der Waals surface area (Å²) >= 11 is 0. The number of imidazole rings is 1. The summed E-state index contributed by atoms with van der Waals surface area (Å²) in [6.07, 6.45) is 4.73. The molecule has 284 valence electrons. The van der Waals surface area contributed by atoms with E-state index >= 15 is 0 Å². The van der Waals surface area contributed by atoms with E-state index in [0.29, 0.717) is 37.1 Å². The Balaban J connectivity index is 1.57. The smallest absolute Gasteiger partial charge is 0.267 e. The quantitative estimate of drug-likeness (QED) is 0.0736. The average Bonchev–Trinajstić information content (AvgIpc) is 3.40. The number of nitrogens with one attached hydrogen (secondary N) is 2. The molecule has 0 aliphatic heterocycles.